The molecule has 0 aliphatic carbocycles. The Morgan fingerprint density at radius 3 is 2.33 bits per heavy atom. The molecule has 0 aliphatic rings. The molecule has 68 valence electrons. The molecule has 0 saturated carbocycles. The number of nitrogens with one attached hydrogen (secondary N) is 1. The molecule has 1 N–H and O–H groups in total. The molecule has 0 bridgehead atoms. The van der Waals surface area contributed by atoms with Crippen LogP contribution in [0.2, 0.25) is 0 Å². The van der Waals surface area contributed by atoms with E-state index in [-0.39, 0.29) is 5.56 Å². The first-order valence-corrected chi connectivity index (χ1v) is 4.28. The van der Waals surface area contributed by atoms with Gasteiger partial charge in [-0.1, -0.05) is 27.2 Å². The van der Waals surface area contributed by atoms with E-state index in [1.54, 1.807) is 12.3 Å². The van der Waals surface area contributed by atoms with Gasteiger partial charge in [-0.25, -0.2) is 5.10 Å². The lowest BCUT2D eigenvalue weighted by molar-refractivity contribution is 0.949. The van der Waals surface area contributed by atoms with Crippen molar-refractivity contribution >= 4 is 0 Å². The fourth-order valence-corrected chi connectivity index (χ4v) is 0.610. The van der Waals surface area contributed by atoms with Gasteiger partial charge >= 0.3 is 0 Å². The first kappa shape index (κ1) is 10.9. The van der Waals surface area contributed by atoms with Gasteiger partial charge in [-0.3, -0.25) is 4.79 Å². The SMILES string of the molecule is CCC.CCc1cn[nH]c(=O)c1. The highest BCUT2D eigenvalue weighted by molar-refractivity contribution is 5.04. The van der Waals surface area contributed by atoms with Crippen LogP contribution in [-0.2, 0) is 6.42 Å². The molecule has 1 heterocycles. The predicted molar refractivity (Wildman–Crippen MR) is 50.2 cm³/mol. The van der Waals surface area contributed by atoms with E-state index < -0.39 is 0 Å². The Bertz CT molecular complexity index is 255. The van der Waals surface area contributed by atoms with Crippen LogP contribution in [0, 0.1) is 0 Å². The van der Waals surface area contributed by atoms with Gasteiger partial charge in [0.15, 0.2) is 0 Å². The van der Waals surface area contributed by atoms with E-state index in [0.717, 1.165) is 12.0 Å². The van der Waals surface area contributed by atoms with Gasteiger partial charge in [0.1, 0.15) is 0 Å². The van der Waals surface area contributed by atoms with Gasteiger partial charge in [-0.05, 0) is 12.0 Å². The molecule has 12 heavy (non-hydrogen) atoms. The summed E-state index contributed by atoms with van der Waals surface area (Å²) < 4.78 is 0. The van der Waals surface area contributed by atoms with Crippen molar-refractivity contribution in [3.05, 3.63) is 28.2 Å². The molecule has 0 aliphatic heterocycles. The van der Waals surface area contributed by atoms with Gasteiger partial charge in [0, 0.05) is 6.07 Å². The van der Waals surface area contributed by atoms with Crippen molar-refractivity contribution in [2.75, 3.05) is 0 Å². The van der Waals surface area contributed by atoms with Crippen LogP contribution in [0.4, 0.5) is 0 Å². The molecular weight excluding hydrogens is 152 g/mol. The maximum absolute atomic E-state index is 10.5. The summed E-state index contributed by atoms with van der Waals surface area (Å²) in [6.45, 7) is 6.23. The van der Waals surface area contributed by atoms with Crippen molar-refractivity contribution in [2.45, 2.75) is 33.6 Å². The Morgan fingerprint density at radius 2 is 2.00 bits per heavy atom. The van der Waals surface area contributed by atoms with Crippen molar-refractivity contribution in [3.8, 4) is 0 Å². The van der Waals surface area contributed by atoms with Crippen LogP contribution < -0.4 is 5.56 Å². The minimum atomic E-state index is -0.130. The Hall–Kier alpha value is -1.12. The molecule has 0 atom stereocenters. The van der Waals surface area contributed by atoms with E-state index in [4.69, 9.17) is 0 Å². The Labute approximate surface area is 72.8 Å². The standard InChI is InChI=1S/C6H8N2O.C3H8/c1-2-5-3-6(9)8-7-4-5;1-3-2/h3-4H,2H2,1H3,(H,8,9);3H2,1-2H3. The summed E-state index contributed by atoms with van der Waals surface area (Å²) in [6.07, 6.45) is 3.76. The first-order chi connectivity index (χ1) is 5.74. The van der Waals surface area contributed by atoms with E-state index in [1.165, 1.54) is 6.42 Å². The van der Waals surface area contributed by atoms with Crippen LogP contribution in [0.3, 0.4) is 0 Å². The third kappa shape index (κ3) is 4.66. The lowest BCUT2D eigenvalue weighted by Crippen LogP contribution is -2.06. The van der Waals surface area contributed by atoms with Crippen molar-refractivity contribution in [3.63, 3.8) is 0 Å². The number of hydrogen-bond acceptors (Lipinski definition) is 2. The third-order valence-corrected chi connectivity index (χ3v) is 1.13. The topological polar surface area (TPSA) is 45.8 Å². The van der Waals surface area contributed by atoms with E-state index in [9.17, 15) is 4.79 Å². The van der Waals surface area contributed by atoms with Gasteiger partial charge < -0.3 is 0 Å². The Kier molecular flexibility index (Phi) is 5.97. The smallest absolute Gasteiger partial charge is 0.264 e. The molecule has 1 aromatic heterocycles. The van der Waals surface area contributed by atoms with Crippen LogP contribution in [-0.4, -0.2) is 10.2 Å². The quantitative estimate of drug-likeness (QED) is 0.694. The van der Waals surface area contributed by atoms with Crippen molar-refractivity contribution < 1.29 is 0 Å². The number of nitrogens with zero attached hydrogens (tertiary/aromatic N) is 1. The van der Waals surface area contributed by atoms with Gasteiger partial charge in [0.05, 0.1) is 6.20 Å². The van der Waals surface area contributed by atoms with E-state index in [2.05, 4.69) is 24.0 Å². The molecule has 0 aromatic carbocycles. The minimum absolute atomic E-state index is 0.130. The maximum atomic E-state index is 10.5. The Balaban J connectivity index is 0.000000354. The van der Waals surface area contributed by atoms with Crippen LogP contribution in [0.1, 0.15) is 32.8 Å². The van der Waals surface area contributed by atoms with Crippen molar-refractivity contribution in [1.82, 2.24) is 10.2 Å². The summed E-state index contributed by atoms with van der Waals surface area (Å²) in [5.41, 5.74) is 0.841. The zero-order valence-corrected chi connectivity index (χ0v) is 7.92. The summed E-state index contributed by atoms with van der Waals surface area (Å²) in [4.78, 5) is 10.5. The fourth-order valence-electron chi connectivity index (χ4n) is 0.610. The molecule has 0 spiro atoms. The van der Waals surface area contributed by atoms with Crippen molar-refractivity contribution in [1.29, 1.82) is 0 Å². The molecule has 0 amide bonds. The van der Waals surface area contributed by atoms with Crippen LogP contribution in [0.25, 0.3) is 0 Å². The molecular formula is C9H16N2O. The highest BCUT2D eigenvalue weighted by Crippen LogP contribution is 1.88. The van der Waals surface area contributed by atoms with Gasteiger partial charge in [0.2, 0.25) is 0 Å². The van der Waals surface area contributed by atoms with Crippen LogP contribution >= 0.6 is 0 Å². The second-order valence-electron chi connectivity index (χ2n) is 2.51. The number of hydrogen-bond donors (Lipinski definition) is 1. The highest BCUT2D eigenvalue weighted by Gasteiger charge is 1.87. The minimum Gasteiger partial charge on any atom is -0.268 e. The summed E-state index contributed by atoms with van der Waals surface area (Å²) in [7, 11) is 0. The van der Waals surface area contributed by atoms with E-state index in [0.29, 0.717) is 0 Å². The molecule has 0 fully saturated rings. The lowest BCUT2D eigenvalue weighted by Gasteiger charge is -1.88. The summed E-state index contributed by atoms with van der Waals surface area (Å²) in [6, 6.07) is 1.55. The number of aryl methyl sites for hydroxylation is 1. The lowest BCUT2D eigenvalue weighted by atomic mass is 10.2. The fraction of sp³-hybridized carbons (Fsp3) is 0.556. The number of H-pyrrole nitrogens is 1. The third-order valence-electron chi connectivity index (χ3n) is 1.13. The van der Waals surface area contributed by atoms with Gasteiger partial charge in [0.25, 0.3) is 5.56 Å². The van der Waals surface area contributed by atoms with E-state index >= 15 is 0 Å². The molecule has 1 rings (SSSR count). The number of rotatable bonds is 1. The Morgan fingerprint density at radius 1 is 1.42 bits per heavy atom. The monoisotopic (exact) mass is 168 g/mol. The second kappa shape index (κ2) is 6.58. The maximum Gasteiger partial charge on any atom is 0.264 e. The molecule has 0 unspecified atom stereocenters. The molecule has 3 heteroatoms. The summed E-state index contributed by atoms with van der Waals surface area (Å²) in [5, 5.41) is 5.92. The normalized spacial score (nSPS) is 8.58. The first-order valence-electron chi connectivity index (χ1n) is 4.28. The zero-order valence-electron chi connectivity index (χ0n) is 7.92. The van der Waals surface area contributed by atoms with Gasteiger partial charge in [-0.15, -0.1) is 0 Å². The predicted octanol–water partition coefficient (Wildman–Crippen LogP) is 1.75. The van der Waals surface area contributed by atoms with Gasteiger partial charge in [-0.2, -0.15) is 5.10 Å². The summed E-state index contributed by atoms with van der Waals surface area (Å²) >= 11 is 0. The second-order valence-corrected chi connectivity index (χ2v) is 2.51. The average molecular weight is 168 g/mol. The number of aromatic nitrogens is 2. The van der Waals surface area contributed by atoms with Crippen LogP contribution in [0.5, 0.6) is 0 Å². The molecule has 1 aromatic rings. The highest BCUT2D eigenvalue weighted by atomic mass is 16.1. The largest absolute Gasteiger partial charge is 0.268 e. The van der Waals surface area contributed by atoms with Crippen molar-refractivity contribution in [2.24, 2.45) is 0 Å². The molecule has 0 saturated heterocycles. The van der Waals surface area contributed by atoms with Crippen LogP contribution in [0.15, 0.2) is 17.1 Å². The zero-order chi connectivity index (χ0) is 9.40. The van der Waals surface area contributed by atoms with E-state index in [1.807, 2.05) is 6.92 Å². The average Bonchev–Trinajstić information content (AvgIpc) is 2.06. The summed E-state index contributed by atoms with van der Waals surface area (Å²) in [5.74, 6) is 0. The molecule has 0 radical (unpaired) electrons. The molecule has 3 nitrogen and oxygen atoms in total. The number of aromatic amines is 1.